The number of hydrogen-bond acceptors (Lipinski definition) is 6. The summed E-state index contributed by atoms with van der Waals surface area (Å²) in [6.45, 7) is 7.03. The monoisotopic (exact) mass is 530 g/mol. The molecule has 2 bridgehead atoms. The van der Waals surface area contributed by atoms with E-state index in [0.717, 1.165) is 23.2 Å². The van der Waals surface area contributed by atoms with Crippen LogP contribution < -0.4 is 9.47 Å². The minimum atomic E-state index is -0.999. The largest absolute Gasteiger partial charge is 0.483 e. The Bertz CT molecular complexity index is 1320. The van der Waals surface area contributed by atoms with Gasteiger partial charge in [-0.25, -0.2) is 0 Å². The summed E-state index contributed by atoms with van der Waals surface area (Å²) in [5.41, 5.74) is 1.42. The second kappa shape index (κ2) is 9.49. The van der Waals surface area contributed by atoms with Gasteiger partial charge >= 0.3 is 5.97 Å². The van der Waals surface area contributed by atoms with Crippen LogP contribution in [0.3, 0.4) is 0 Å². The van der Waals surface area contributed by atoms with E-state index in [0.29, 0.717) is 43.7 Å². The molecule has 2 fully saturated rings. The van der Waals surface area contributed by atoms with Crippen molar-refractivity contribution < 1.29 is 24.2 Å². The fourth-order valence-electron chi connectivity index (χ4n) is 7.88. The van der Waals surface area contributed by atoms with Crippen molar-refractivity contribution in [2.24, 2.45) is 5.92 Å². The molecule has 0 radical (unpaired) electrons. The highest BCUT2D eigenvalue weighted by Crippen LogP contribution is 2.65. The number of benzene rings is 2. The fraction of sp³-hybridized carbons (Fsp3) is 0.500. The second-order valence-electron chi connectivity index (χ2n) is 12.1. The highest BCUT2D eigenvalue weighted by Gasteiger charge is 2.73. The predicted octanol–water partition coefficient (Wildman–Crippen LogP) is 3.96. The number of rotatable bonds is 6. The summed E-state index contributed by atoms with van der Waals surface area (Å²) in [4.78, 5) is 30.1. The number of amides is 1. The van der Waals surface area contributed by atoms with Crippen molar-refractivity contribution in [2.75, 3.05) is 20.1 Å². The number of likely N-dealkylation sites (N-methyl/N-ethyl adjacent to an activating group) is 1. The van der Waals surface area contributed by atoms with Gasteiger partial charge in [0, 0.05) is 31.1 Å². The zero-order valence-electron chi connectivity index (χ0n) is 23.2. The van der Waals surface area contributed by atoms with Gasteiger partial charge in [-0.15, -0.1) is 0 Å². The van der Waals surface area contributed by atoms with Gasteiger partial charge in [0.25, 0.3) is 0 Å². The van der Waals surface area contributed by atoms with Crippen LogP contribution in [-0.2, 0) is 21.4 Å². The topological polar surface area (TPSA) is 79.3 Å². The lowest BCUT2D eigenvalue weighted by atomic mass is 9.48. The molecular formula is C32H38N2O5. The van der Waals surface area contributed by atoms with E-state index in [1.54, 1.807) is 6.08 Å². The van der Waals surface area contributed by atoms with E-state index in [4.69, 9.17) is 9.47 Å². The molecule has 2 aliphatic carbocycles. The van der Waals surface area contributed by atoms with Gasteiger partial charge in [-0.1, -0.05) is 50.2 Å². The lowest BCUT2D eigenvalue weighted by Gasteiger charge is -2.64. The maximum absolute atomic E-state index is 13.8. The molecule has 6 rings (SSSR count). The number of aliphatic hydroxyl groups is 1. The van der Waals surface area contributed by atoms with E-state index >= 15 is 0 Å². The van der Waals surface area contributed by atoms with E-state index in [2.05, 4.69) is 25.8 Å². The normalized spacial score (nSPS) is 30.7. The molecule has 7 nitrogen and oxygen atoms in total. The van der Waals surface area contributed by atoms with Gasteiger partial charge in [0.05, 0.1) is 17.1 Å². The molecule has 2 aromatic rings. The highest BCUT2D eigenvalue weighted by atomic mass is 16.6. The van der Waals surface area contributed by atoms with Crippen molar-refractivity contribution in [3.63, 3.8) is 0 Å². The van der Waals surface area contributed by atoms with E-state index in [1.165, 1.54) is 6.92 Å². The molecule has 2 unspecified atom stereocenters. The molecule has 1 amide bonds. The van der Waals surface area contributed by atoms with Gasteiger partial charge in [0.15, 0.2) is 11.5 Å². The average molecular weight is 531 g/mol. The van der Waals surface area contributed by atoms with Crippen LogP contribution in [0.4, 0.5) is 0 Å². The van der Waals surface area contributed by atoms with Crippen molar-refractivity contribution >= 4 is 18.0 Å². The minimum absolute atomic E-state index is 0.0384. The quantitative estimate of drug-likeness (QED) is 0.346. The van der Waals surface area contributed by atoms with Gasteiger partial charge in [-0.05, 0) is 68.5 Å². The van der Waals surface area contributed by atoms with E-state index in [-0.39, 0.29) is 23.9 Å². The van der Waals surface area contributed by atoms with Crippen LogP contribution in [0.15, 0.2) is 48.5 Å². The Labute approximate surface area is 230 Å². The van der Waals surface area contributed by atoms with Crippen LogP contribution in [0.5, 0.6) is 11.5 Å². The third-order valence-electron chi connectivity index (χ3n) is 9.40. The molecule has 1 saturated carbocycles. The van der Waals surface area contributed by atoms with Crippen LogP contribution in [0.1, 0.15) is 56.7 Å². The molecule has 1 N–H and O–H groups in total. The van der Waals surface area contributed by atoms with Crippen LogP contribution in [0, 0.1) is 5.92 Å². The Morgan fingerprint density at radius 3 is 2.69 bits per heavy atom. The molecule has 1 saturated heterocycles. The first-order valence-electron chi connectivity index (χ1n) is 14.1. The van der Waals surface area contributed by atoms with E-state index in [9.17, 15) is 14.7 Å². The number of likely N-dealkylation sites (tertiary alicyclic amines) is 1. The smallest absolute Gasteiger partial charge is 0.308 e. The second-order valence-corrected chi connectivity index (χ2v) is 12.1. The Balaban J connectivity index is 1.45. The van der Waals surface area contributed by atoms with Crippen LogP contribution in [0.2, 0.25) is 0 Å². The van der Waals surface area contributed by atoms with Crippen molar-refractivity contribution in [3.05, 3.63) is 65.2 Å². The summed E-state index contributed by atoms with van der Waals surface area (Å²) < 4.78 is 12.4. The van der Waals surface area contributed by atoms with Gasteiger partial charge in [-0.3, -0.25) is 9.59 Å². The number of esters is 1. The number of carbonyl (C=O) groups excluding carboxylic acids is 2. The number of hydrogen-bond donors (Lipinski definition) is 1. The lowest BCUT2D eigenvalue weighted by Crippen LogP contribution is -2.78. The maximum atomic E-state index is 13.8. The Kier molecular flexibility index (Phi) is 6.35. The molecule has 7 heteroatoms. The predicted molar refractivity (Wildman–Crippen MR) is 149 cm³/mol. The summed E-state index contributed by atoms with van der Waals surface area (Å²) in [7, 11) is 2.09. The SMILES string of the molecule is CC(=O)Oc1ccc2c3c1OC1C(N(CC(C)C)C(=O)/C=C/c4ccccc4)CC[C@@]4(O)[C@@H](C2)N(C)CC[C@]314. The van der Waals surface area contributed by atoms with Gasteiger partial charge in [0.2, 0.25) is 5.91 Å². The van der Waals surface area contributed by atoms with Crippen LogP contribution >= 0.6 is 0 Å². The summed E-state index contributed by atoms with van der Waals surface area (Å²) in [6.07, 6.45) is 5.72. The van der Waals surface area contributed by atoms with E-state index in [1.807, 2.05) is 53.4 Å². The Morgan fingerprint density at radius 1 is 1.21 bits per heavy atom. The number of nitrogens with zero attached hydrogens (tertiary/aromatic N) is 2. The number of carbonyl (C=O) groups is 2. The van der Waals surface area contributed by atoms with Crippen molar-refractivity contribution in [1.29, 1.82) is 0 Å². The first-order chi connectivity index (χ1) is 18.7. The van der Waals surface area contributed by atoms with Crippen molar-refractivity contribution in [3.8, 4) is 11.5 Å². The van der Waals surface area contributed by atoms with Crippen molar-refractivity contribution in [2.45, 2.75) is 75.7 Å². The highest BCUT2D eigenvalue weighted by molar-refractivity contribution is 5.92. The summed E-state index contributed by atoms with van der Waals surface area (Å²) >= 11 is 0. The summed E-state index contributed by atoms with van der Waals surface area (Å²) in [5.74, 6) is 0.755. The first-order valence-corrected chi connectivity index (χ1v) is 14.1. The molecule has 206 valence electrons. The zero-order valence-corrected chi connectivity index (χ0v) is 23.2. The lowest BCUT2D eigenvalue weighted by molar-refractivity contribution is -0.197. The average Bonchev–Trinajstić information content (AvgIpc) is 3.25. The van der Waals surface area contributed by atoms with Crippen LogP contribution in [-0.4, -0.2) is 70.7 Å². The Hall–Kier alpha value is -3.16. The molecule has 5 atom stereocenters. The third-order valence-corrected chi connectivity index (χ3v) is 9.40. The van der Waals surface area contributed by atoms with Gasteiger partial charge < -0.3 is 24.4 Å². The molecule has 2 aliphatic heterocycles. The van der Waals surface area contributed by atoms with E-state index < -0.39 is 23.1 Å². The third kappa shape index (κ3) is 3.93. The first kappa shape index (κ1) is 26.1. The minimum Gasteiger partial charge on any atom is -0.483 e. The van der Waals surface area contributed by atoms with Gasteiger partial charge in [0.1, 0.15) is 6.10 Å². The number of piperidine rings is 1. The molecule has 1 spiro atoms. The standard InChI is InChI=1S/C32H38N2O5/c1-20(2)19-34(27(36)13-10-22-8-6-5-7-9-22)24-14-15-32(37)26-18-23-11-12-25(38-21(3)35)29-28(23)31(32,30(24)39-29)16-17-33(26)4/h5-13,20,24,26,30,37H,14-19H2,1-4H3/b13-10+/t24?,26-,30?,31+,32-/m1/s1. The molecule has 39 heavy (non-hydrogen) atoms. The maximum Gasteiger partial charge on any atom is 0.308 e. The van der Waals surface area contributed by atoms with Crippen LogP contribution in [0.25, 0.3) is 6.08 Å². The molecule has 2 aromatic carbocycles. The zero-order chi connectivity index (χ0) is 27.5. The summed E-state index contributed by atoms with van der Waals surface area (Å²) in [5, 5.41) is 12.6. The van der Waals surface area contributed by atoms with Crippen molar-refractivity contribution in [1.82, 2.24) is 9.80 Å². The molecule has 4 aliphatic rings. The molecular weight excluding hydrogens is 492 g/mol. The summed E-state index contributed by atoms with van der Waals surface area (Å²) in [6, 6.07) is 13.4. The Morgan fingerprint density at radius 2 is 1.97 bits per heavy atom. The molecule has 0 aromatic heterocycles. The number of ether oxygens (including phenoxy) is 2. The fourth-order valence-corrected chi connectivity index (χ4v) is 7.88. The van der Waals surface area contributed by atoms with Gasteiger partial charge in [-0.2, -0.15) is 0 Å². The molecule has 2 heterocycles.